The molecule has 0 fully saturated rings. The zero-order valence-electron chi connectivity index (χ0n) is 18.1. The van der Waals surface area contributed by atoms with Crippen LogP contribution in [0.3, 0.4) is 0 Å². The van der Waals surface area contributed by atoms with Crippen molar-refractivity contribution in [1.82, 2.24) is 14.7 Å². The number of hydrogen-bond acceptors (Lipinski definition) is 8. The summed E-state index contributed by atoms with van der Waals surface area (Å²) in [6.07, 6.45) is 0.0721. The highest BCUT2D eigenvalue weighted by Gasteiger charge is 2.14. The molecule has 0 aliphatic carbocycles. The average Bonchev–Trinajstić information content (AvgIpc) is 2.78. The summed E-state index contributed by atoms with van der Waals surface area (Å²) >= 11 is 0. The van der Waals surface area contributed by atoms with Gasteiger partial charge in [-0.15, -0.1) is 0 Å². The molecule has 0 amide bonds. The van der Waals surface area contributed by atoms with Gasteiger partial charge in [0.15, 0.2) is 0 Å². The van der Waals surface area contributed by atoms with Crippen molar-refractivity contribution in [3.8, 4) is 0 Å². The molecule has 33 heavy (non-hydrogen) atoms. The number of anilines is 3. The second kappa shape index (κ2) is 10.8. The predicted octanol–water partition coefficient (Wildman–Crippen LogP) is 2.77. The molecule has 174 valence electrons. The first-order chi connectivity index (χ1) is 15.7. The maximum absolute atomic E-state index is 13.1. The molecule has 0 atom stereocenters. The van der Waals surface area contributed by atoms with Gasteiger partial charge in [0, 0.05) is 30.5 Å². The molecular weight excluding hydrogens is 449 g/mol. The second-order valence-corrected chi connectivity index (χ2v) is 8.84. The summed E-state index contributed by atoms with van der Waals surface area (Å²) < 4.78 is 45.1. The number of aromatic nitrogens is 2. The minimum absolute atomic E-state index is 0.0721. The van der Waals surface area contributed by atoms with E-state index in [-0.39, 0.29) is 30.2 Å². The van der Waals surface area contributed by atoms with Crippen molar-refractivity contribution in [2.45, 2.75) is 18.2 Å². The molecule has 9 nitrogen and oxygen atoms in total. The van der Waals surface area contributed by atoms with Crippen molar-refractivity contribution in [3.63, 3.8) is 0 Å². The van der Waals surface area contributed by atoms with Crippen LogP contribution in [0.1, 0.15) is 11.3 Å². The maximum Gasteiger partial charge on any atom is 0.309 e. The number of methoxy groups -OCH3 is 1. The van der Waals surface area contributed by atoms with Crippen LogP contribution in [0, 0.1) is 12.7 Å². The third-order valence-corrected chi connectivity index (χ3v) is 5.96. The number of nitrogens with one attached hydrogen (secondary N) is 3. The van der Waals surface area contributed by atoms with E-state index < -0.39 is 16.0 Å². The molecule has 0 bridgehead atoms. The first kappa shape index (κ1) is 24.1. The molecule has 1 heterocycles. The fourth-order valence-electron chi connectivity index (χ4n) is 2.86. The normalized spacial score (nSPS) is 11.1. The Labute approximate surface area is 191 Å². The van der Waals surface area contributed by atoms with Gasteiger partial charge in [0.1, 0.15) is 11.6 Å². The molecule has 0 radical (unpaired) electrons. The van der Waals surface area contributed by atoms with Crippen molar-refractivity contribution >= 4 is 33.4 Å². The lowest BCUT2D eigenvalue weighted by atomic mass is 10.2. The van der Waals surface area contributed by atoms with E-state index in [1.54, 1.807) is 37.3 Å². The Kier molecular flexibility index (Phi) is 7.91. The lowest BCUT2D eigenvalue weighted by Crippen LogP contribution is -2.29. The van der Waals surface area contributed by atoms with Gasteiger partial charge >= 0.3 is 5.97 Å². The monoisotopic (exact) mass is 473 g/mol. The lowest BCUT2D eigenvalue weighted by molar-refractivity contribution is -0.139. The van der Waals surface area contributed by atoms with E-state index in [1.165, 1.54) is 31.4 Å². The van der Waals surface area contributed by atoms with Gasteiger partial charge in [-0.2, -0.15) is 4.98 Å². The summed E-state index contributed by atoms with van der Waals surface area (Å²) in [6, 6.07) is 13.6. The number of nitrogens with zero attached hydrogens (tertiary/aromatic N) is 2. The molecule has 0 spiro atoms. The minimum atomic E-state index is -3.72. The Balaban J connectivity index is 1.54. The standard InChI is InChI=1S/C22H24FN5O4S/c1-15-13-20(27-18-7-5-17(23)6-8-18)28-22(26-15)24-11-12-25-33(30,31)19-9-3-16(4-10-19)14-21(29)32-2/h3-10,13,25H,11-12,14H2,1-2H3,(H2,24,26,27,28). The Morgan fingerprint density at radius 2 is 1.73 bits per heavy atom. The van der Waals surface area contributed by atoms with Gasteiger partial charge in [0.05, 0.1) is 18.4 Å². The predicted molar refractivity (Wildman–Crippen MR) is 122 cm³/mol. The number of carbonyl (C=O) groups is 1. The molecule has 11 heteroatoms. The molecule has 3 N–H and O–H groups in total. The van der Waals surface area contributed by atoms with Crippen LogP contribution in [-0.2, 0) is 26.0 Å². The van der Waals surface area contributed by atoms with Crippen molar-refractivity contribution in [2.24, 2.45) is 0 Å². The van der Waals surface area contributed by atoms with Crippen LogP contribution in [0.15, 0.2) is 59.5 Å². The van der Waals surface area contributed by atoms with E-state index in [1.807, 2.05) is 0 Å². The van der Waals surface area contributed by atoms with Gasteiger partial charge in [0.25, 0.3) is 0 Å². The summed E-state index contributed by atoms with van der Waals surface area (Å²) in [7, 11) is -2.42. The van der Waals surface area contributed by atoms with Crippen LogP contribution in [0.25, 0.3) is 0 Å². The SMILES string of the molecule is COC(=O)Cc1ccc(S(=O)(=O)NCCNc2nc(C)cc(Nc3ccc(F)cc3)n2)cc1. The first-order valence-electron chi connectivity index (χ1n) is 10.0. The average molecular weight is 474 g/mol. The van der Waals surface area contributed by atoms with E-state index in [9.17, 15) is 17.6 Å². The molecular formula is C22H24FN5O4S. The number of ether oxygens (including phenoxy) is 1. The maximum atomic E-state index is 13.1. The molecule has 3 rings (SSSR count). The molecule has 0 saturated carbocycles. The molecule has 0 unspecified atom stereocenters. The van der Waals surface area contributed by atoms with Crippen LogP contribution in [0.2, 0.25) is 0 Å². The van der Waals surface area contributed by atoms with Gasteiger partial charge < -0.3 is 15.4 Å². The highest BCUT2D eigenvalue weighted by atomic mass is 32.2. The molecule has 1 aromatic heterocycles. The van der Waals surface area contributed by atoms with Gasteiger partial charge in [-0.05, 0) is 48.9 Å². The summed E-state index contributed by atoms with van der Waals surface area (Å²) in [5, 5.41) is 6.05. The number of aryl methyl sites for hydroxylation is 1. The summed E-state index contributed by atoms with van der Waals surface area (Å²) in [6.45, 7) is 2.15. The Morgan fingerprint density at radius 3 is 2.39 bits per heavy atom. The smallest absolute Gasteiger partial charge is 0.309 e. The highest BCUT2D eigenvalue weighted by molar-refractivity contribution is 7.89. The minimum Gasteiger partial charge on any atom is -0.469 e. The number of halogens is 1. The third-order valence-electron chi connectivity index (χ3n) is 4.48. The van der Waals surface area contributed by atoms with Crippen LogP contribution in [-0.4, -0.2) is 44.6 Å². The largest absolute Gasteiger partial charge is 0.469 e. The van der Waals surface area contributed by atoms with Crippen LogP contribution in [0.4, 0.5) is 21.8 Å². The van der Waals surface area contributed by atoms with E-state index in [2.05, 4.69) is 30.1 Å². The van der Waals surface area contributed by atoms with Crippen molar-refractivity contribution < 1.29 is 22.3 Å². The van der Waals surface area contributed by atoms with Crippen LogP contribution in [0.5, 0.6) is 0 Å². The van der Waals surface area contributed by atoms with Gasteiger partial charge in [0.2, 0.25) is 16.0 Å². The van der Waals surface area contributed by atoms with Crippen LogP contribution >= 0.6 is 0 Å². The number of benzene rings is 2. The van der Waals surface area contributed by atoms with E-state index in [0.29, 0.717) is 28.7 Å². The van der Waals surface area contributed by atoms with E-state index in [4.69, 9.17) is 0 Å². The Bertz CT molecular complexity index is 1200. The second-order valence-electron chi connectivity index (χ2n) is 7.07. The molecule has 0 aliphatic rings. The van der Waals surface area contributed by atoms with Crippen molar-refractivity contribution in [3.05, 3.63) is 71.7 Å². The summed E-state index contributed by atoms with van der Waals surface area (Å²) in [5.74, 6) is 0.112. The topological polar surface area (TPSA) is 122 Å². The van der Waals surface area contributed by atoms with Crippen molar-refractivity contribution in [2.75, 3.05) is 30.8 Å². The van der Waals surface area contributed by atoms with Crippen molar-refractivity contribution in [1.29, 1.82) is 0 Å². The summed E-state index contributed by atoms with van der Waals surface area (Å²) in [4.78, 5) is 20.0. The number of carbonyl (C=O) groups excluding carboxylic acids is 1. The first-order valence-corrected chi connectivity index (χ1v) is 11.5. The fourth-order valence-corrected chi connectivity index (χ4v) is 3.89. The summed E-state index contributed by atoms with van der Waals surface area (Å²) in [5.41, 5.74) is 2.03. The molecule has 0 saturated heterocycles. The zero-order valence-corrected chi connectivity index (χ0v) is 18.9. The zero-order chi connectivity index (χ0) is 23.8. The Morgan fingerprint density at radius 1 is 1.03 bits per heavy atom. The Hall–Kier alpha value is -3.57. The fraction of sp³-hybridized carbons (Fsp3) is 0.227. The number of esters is 1. The molecule has 2 aromatic carbocycles. The third kappa shape index (κ3) is 7.22. The molecule has 3 aromatic rings. The van der Waals surface area contributed by atoms with Crippen LogP contribution < -0.4 is 15.4 Å². The number of sulfonamides is 1. The van der Waals surface area contributed by atoms with Gasteiger partial charge in [-0.25, -0.2) is 22.5 Å². The lowest BCUT2D eigenvalue weighted by Gasteiger charge is -2.11. The number of hydrogen-bond donors (Lipinski definition) is 3. The number of rotatable bonds is 10. The quantitative estimate of drug-likeness (QED) is 0.304. The highest BCUT2D eigenvalue weighted by Crippen LogP contribution is 2.17. The van der Waals surface area contributed by atoms with E-state index >= 15 is 0 Å². The van der Waals surface area contributed by atoms with E-state index in [0.717, 1.165) is 0 Å². The van der Waals surface area contributed by atoms with Gasteiger partial charge in [-0.1, -0.05) is 12.1 Å². The van der Waals surface area contributed by atoms with Gasteiger partial charge in [-0.3, -0.25) is 4.79 Å². The molecule has 0 aliphatic heterocycles.